The molecule has 3 heteroatoms. The lowest BCUT2D eigenvalue weighted by molar-refractivity contribution is -0.110. The molecule has 2 heterocycles. The van der Waals surface area contributed by atoms with Crippen molar-refractivity contribution in [3.8, 4) is 11.8 Å². The maximum Gasteiger partial charge on any atom is 0.256 e. The topological polar surface area (TPSA) is 44.9 Å². The summed E-state index contributed by atoms with van der Waals surface area (Å²) in [5.41, 5.74) is 6.44. The quantitative estimate of drug-likeness (QED) is 0.337. The number of aromatic amines is 1. The number of rotatable bonds is 3. The first-order valence-electron chi connectivity index (χ1n) is 10.2. The minimum absolute atomic E-state index is 0.0895. The van der Waals surface area contributed by atoms with Crippen LogP contribution in [0.15, 0.2) is 97.2 Å². The highest BCUT2D eigenvalue weighted by molar-refractivity contribution is 6.34. The van der Waals surface area contributed by atoms with E-state index >= 15 is 0 Å². The molecule has 1 atom stereocenters. The Balaban J connectivity index is 1.59. The Labute approximate surface area is 181 Å². The molecule has 0 radical (unpaired) electrons. The molecule has 0 aliphatic carbocycles. The number of hydrogen-bond acceptors (Lipinski definition) is 1. The second-order valence-corrected chi connectivity index (χ2v) is 7.42. The van der Waals surface area contributed by atoms with Crippen LogP contribution >= 0.6 is 0 Å². The SMILES string of the molecule is O=C1Nc2ccc(C(C#Cc3ccccc3)c3ccccc3)cc2/C1=C/c1ccc[nH]1. The number of anilines is 1. The van der Waals surface area contributed by atoms with Gasteiger partial charge in [-0.3, -0.25) is 4.79 Å². The van der Waals surface area contributed by atoms with E-state index in [2.05, 4.69) is 40.3 Å². The van der Waals surface area contributed by atoms with E-state index in [1.165, 1.54) is 0 Å². The Morgan fingerprint density at radius 1 is 0.806 bits per heavy atom. The van der Waals surface area contributed by atoms with Crippen molar-refractivity contribution in [2.24, 2.45) is 0 Å². The largest absolute Gasteiger partial charge is 0.362 e. The Morgan fingerprint density at radius 3 is 2.32 bits per heavy atom. The van der Waals surface area contributed by atoms with Gasteiger partial charge in [-0.25, -0.2) is 0 Å². The minimum atomic E-state index is -0.103. The van der Waals surface area contributed by atoms with Crippen molar-refractivity contribution in [2.75, 3.05) is 5.32 Å². The number of hydrogen-bond donors (Lipinski definition) is 2. The first kappa shape index (κ1) is 18.7. The van der Waals surface area contributed by atoms with Crippen LogP contribution < -0.4 is 5.32 Å². The maximum absolute atomic E-state index is 12.6. The predicted molar refractivity (Wildman–Crippen MR) is 125 cm³/mol. The molecular formula is C28H20N2O. The van der Waals surface area contributed by atoms with Crippen molar-refractivity contribution in [2.45, 2.75) is 5.92 Å². The van der Waals surface area contributed by atoms with Crippen molar-refractivity contribution in [3.05, 3.63) is 125 Å². The van der Waals surface area contributed by atoms with Crippen LogP contribution in [0.2, 0.25) is 0 Å². The summed E-state index contributed by atoms with van der Waals surface area (Å²) in [4.78, 5) is 15.7. The summed E-state index contributed by atoms with van der Waals surface area (Å²) in [6.45, 7) is 0. The molecule has 1 unspecified atom stereocenters. The lowest BCUT2D eigenvalue weighted by Gasteiger charge is -2.13. The van der Waals surface area contributed by atoms with E-state index in [1.807, 2.05) is 85.1 Å². The fraction of sp³-hybridized carbons (Fsp3) is 0.0357. The molecule has 1 amide bonds. The molecule has 0 bridgehead atoms. The molecule has 31 heavy (non-hydrogen) atoms. The predicted octanol–water partition coefficient (Wildman–Crippen LogP) is 5.69. The summed E-state index contributed by atoms with van der Waals surface area (Å²) >= 11 is 0. The molecule has 1 aromatic heterocycles. The van der Waals surface area contributed by atoms with Gasteiger partial charge in [-0.15, -0.1) is 0 Å². The fourth-order valence-corrected chi connectivity index (χ4v) is 3.80. The van der Waals surface area contributed by atoms with Crippen LogP contribution in [0.3, 0.4) is 0 Å². The van der Waals surface area contributed by atoms with E-state index in [0.29, 0.717) is 5.57 Å². The molecule has 0 saturated heterocycles. The average Bonchev–Trinajstić information content (AvgIpc) is 3.43. The standard InChI is InChI=1S/C28H20N2O/c31-28-26(19-23-12-7-17-29-23)25-18-22(14-16-27(25)30-28)24(21-10-5-2-6-11-21)15-13-20-8-3-1-4-9-20/h1-12,14,16-19,24,29H,(H,30,31)/b26-19-. The Hall–Kier alpha value is -4.29. The van der Waals surface area contributed by atoms with E-state index in [-0.39, 0.29) is 11.8 Å². The molecule has 5 rings (SSSR count). The highest BCUT2D eigenvalue weighted by Gasteiger charge is 2.25. The number of carbonyl (C=O) groups is 1. The van der Waals surface area contributed by atoms with Crippen LogP contribution in [0.5, 0.6) is 0 Å². The summed E-state index contributed by atoms with van der Waals surface area (Å²) < 4.78 is 0. The number of benzene rings is 3. The van der Waals surface area contributed by atoms with Crippen molar-refractivity contribution < 1.29 is 4.79 Å². The van der Waals surface area contributed by atoms with Gasteiger partial charge in [-0.2, -0.15) is 0 Å². The molecule has 3 nitrogen and oxygen atoms in total. The normalized spacial score (nSPS) is 14.5. The lowest BCUT2D eigenvalue weighted by Crippen LogP contribution is -2.03. The van der Waals surface area contributed by atoms with Gasteiger partial charge < -0.3 is 10.3 Å². The average molecular weight is 400 g/mol. The number of aromatic nitrogens is 1. The second-order valence-electron chi connectivity index (χ2n) is 7.42. The van der Waals surface area contributed by atoms with Gasteiger partial charge in [-0.1, -0.05) is 66.4 Å². The summed E-state index contributed by atoms with van der Waals surface area (Å²) in [5, 5.41) is 2.97. The molecule has 3 aromatic carbocycles. The van der Waals surface area contributed by atoms with Crippen molar-refractivity contribution in [1.29, 1.82) is 0 Å². The summed E-state index contributed by atoms with van der Waals surface area (Å²) in [6, 6.07) is 30.2. The molecule has 0 fully saturated rings. The number of nitrogens with one attached hydrogen (secondary N) is 2. The van der Waals surface area contributed by atoms with E-state index in [0.717, 1.165) is 33.6 Å². The zero-order chi connectivity index (χ0) is 21.0. The first-order chi connectivity index (χ1) is 15.3. The van der Waals surface area contributed by atoms with E-state index in [9.17, 15) is 4.79 Å². The number of amides is 1. The zero-order valence-corrected chi connectivity index (χ0v) is 16.8. The third-order valence-corrected chi connectivity index (χ3v) is 5.35. The molecule has 4 aromatic rings. The van der Waals surface area contributed by atoms with Crippen LogP contribution in [0.25, 0.3) is 11.6 Å². The van der Waals surface area contributed by atoms with Gasteiger partial charge in [0, 0.05) is 28.7 Å². The lowest BCUT2D eigenvalue weighted by atomic mass is 9.89. The van der Waals surface area contributed by atoms with Gasteiger partial charge in [0.2, 0.25) is 0 Å². The van der Waals surface area contributed by atoms with Gasteiger partial charge in [0.15, 0.2) is 0 Å². The fourth-order valence-electron chi connectivity index (χ4n) is 3.80. The molecule has 0 saturated carbocycles. The third kappa shape index (κ3) is 3.92. The zero-order valence-electron chi connectivity index (χ0n) is 16.8. The second kappa shape index (κ2) is 8.22. The number of carbonyl (C=O) groups excluding carboxylic acids is 1. The highest BCUT2D eigenvalue weighted by Crippen LogP contribution is 2.36. The molecular weight excluding hydrogens is 380 g/mol. The molecule has 0 spiro atoms. The Morgan fingerprint density at radius 2 is 1.58 bits per heavy atom. The molecule has 1 aliphatic heterocycles. The van der Waals surface area contributed by atoms with Gasteiger partial charge in [0.05, 0.1) is 11.5 Å². The first-order valence-corrected chi connectivity index (χ1v) is 10.2. The summed E-state index contributed by atoms with van der Waals surface area (Å²) in [6.07, 6.45) is 3.74. The minimum Gasteiger partial charge on any atom is -0.362 e. The van der Waals surface area contributed by atoms with Gasteiger partial charge in [0.1, 0.15) is 0 Å². The van der Waals surface area contributed by atoms with Crippen LogP contribution in [-0.4, -0.2) is 10.9 Å². The van der Waals surface area contributed by atoms with Crippen molar-refractivity contribution in [3.63, 3.8) is 0 Å². The molecule has 2 N–H and O–H groups in total. The molecule has 148 valence electrons. The summed E-state index contributed by atoms with van der Waals surface area (Å²) in [5.74, 6) is 6.57. The van der Waals surface area contributed by atoms with Gasteiger partial charge >= 0.3 is 0 Å². The highest BCUT2D eigenvalue weighted by atomic mass is 16.2. The Bertz CT molecular complexity index is 1310. The van der Waals surface area contributed by atoms with Crippen LogP contribution in [0.1, 0.15) is 33.9 Å². The monoisotopic (exact) mass is 400 g/mol. The smallest absolute Gasteiger partial charge is 0.256 e. The number of H-pyrrole nitrogens is 1. The van der Waals surface area contributed by atoms with Gasteiger partial charge in [-0.05, 0) is 53.6 Å². The van der Waals surface area contributed by atoms with Crippen LogP contribution in [0, 0.1) is 11.8 Å². The van der Waals surface area contributed by atoms with Crippen molar-refractivity contribution >= 4 is 23.2 Å². The van der Waals surface area contributed by atoms with E-state index < -0.39 is 0 Å². The Kier molecular flexibility index (Phi) is 4.96. The van der Waals surface area contributed by atoms with Gasteiger partial charge in [0.25, 0.3) is 5.91 Å². The van der Waals surface area contributed by atoms with Crippen LogP contribution in [-0.2, 0) is 4.79 Å². The van der Waals surface area contributed by atoms with E-state index in [4.69, 9.17) is 0 Å². The third-order valence-electron chi connectivity index (χ3n) is 5.35. The maximum atomic E-state index is 12.6. The summed E-state index contributed by atoms with van der Waals surface area (Å²) in [7, 11) is 0. The number of fused-ring (bicyclic) bond motifs is 1. The van der Waals surface area contributed by atoms with Crippen LogP contribution in [0.4, 0.5) is 5.69 Å². The van der Waals surface area contributed by atoms with Crippen molar-refractivity contribution in [1.82, 2.24) is 4.98 Å². The molecule has 1 aliphatic rings. The van der Waals surface area contributed by atoms with E-state index in [1.54, 1.807) is 0 Å².